The third-order valence-electron chi connectivity index (χ3n) is 8.16. The molecule has 2 saturated heterocycles. The van der Waals surface area contributed by atoms with E-state index in [4.69, 9.17) is 25.8 Å². The van der Waals surface area contributed by atoms with E-state index in [9.17, 15) is 18.0 Å². The number of carbonyl (C=O) groups excluding carboxylic acids is 2. The van der Waals surface area contributed by atoms with Crippen molar-refractivity contribution in [2.24, 2.45) is 0 Å². The van der Waals surface area contributed by atoms with Crippen molar-refractivity contribution in [3.63, 3.8) is 0 Å². The highest BCUT2D eigenvalue weighted by Gasteiger charge is 2.31. The Kier molecular flexibility index (Phi) is 12.6. The summed E-state index contributed by atoms with van der Waals surface area (Å²) in [7, 11) is -3.67. The van der Waals surface area contributed by atoms with Crippen LogP contribution in [0.3, 0.4) is 0 Å². The minimum Gasteiger partial charge on any atom is -0.484 e. The van der Waals surface area contributed by atoms with Gasteiger partial charge in [-0.3, -0.25) is 14.5 Å². The zero-order valence-corrected chi connectivity index (χ0v) is 27.8. The van der Waals surface area contributed by atoms with Crippen LogP contribution in [0.4, 0.5) is 0 Å². The van der Waals surface area contributed by atoms with Gasteiger partial charge < -0.3 is 24.4 Å². The lowest BCUT2D eigenvalue weighted by Crippen LogP contribution is -2.52. The van der Waals surface area contributed by atoms with Gasteiger partial charge in [-0.1, -0.05) is 54.1 Å². The average molecular weight is 685 g/mol. The third-order valence-corrected chi connectivity index (χ3v) is 10.3. The van der Waals surface area contributed by atoms with Gasteiger partial charge in [0.05, 0.1) is 31.3 Å². The van der Waals surface area contributed by atoms with E-state index >= 15 is 0 Å². The summed E-state index contributed by atoms with van der Waals surface area (Å²) in [5.74, 6) is -0.323. The van der Waals surface area contributed by atoms with Gasteiger partial charge in [-0.2, -0.15) is 4.31 Å². The number of morpholine rings is 2. The number of rotatable bonds is 14. The molecule has 2 heterocycles. The number of halogens is 1. The van der Waals surface area contributed by atoms with Gasteiger partial charge in [0.1, 0.15) is 11.8 Å². The molecule has 0 radical (unpaired) electrons. The predicted octanol–water partition coefficient (Wildman–Crippen LogP) is 2.83. The second-order valence-electron chi connectivity index (χ2n) is 11.4. The molecule has 2 amide bonds. The number of hydrogen-bond acceptors (Lipinski definition) is 8. The average Bonchev–Trinajstić information content (AvgIpc) is 3.11. The molecular weight excluding hydrogens is 644 g/mol. The molecule has 11 nitrogen and oxygen atoms in total. The van der Waals surface area contributed by atoms with Gasteiger partial charge in [-0.15, -0.1) is 0 Å². The molecule has 47 heavy (non-hydrogen) atoms. The lowest BCUT2D eigenvalue weighted by molar-refractivity contribution is -0.142. The van der Waals surface area contributed by atoms with E-state index in [1.165, 1.54) is 33.5 Å². The summed E-state index contributed by atoms with van der Waals surface area (Å²) in [5, 5.41) is 3.62. The molecule has 252 valence electrons. The first-order chi connectivity index (χ1) is 22.8. The summed E-state index contributed by atoms with van der Waals surface area (Å²) < 4.78 is 44.0. The van der Waals surface area contributed by atoms with Crippen LogP contribution in [0.15, 0.2) is 83.8 Å². The zero-order valence-electron chi connectivity index (χ0n) is 26.3. The van der Waals surface area contributed by atoms with E-state index < -0.39 is 22.0 Å². The number of benzene rings is 3. The smallest absolute Gasteiger partial charge is 0.261 e. The summed E-state index contributed by atoms with van der Waals surface area (Å²) in [6.07, 6.45) is 0.303. The largest absolute Gasteiger partial charge is 0.484 e. The Balaban J connectivity index is 1.32. The molecule has 0 saturated carbocycles. The van der Waals surface area contributed by atoms with Crippen molar-refractivity contribution >= 4 is 33.4 Å². The van der Waals surface area contributed by atoms with Crippen molar-refractivity contribution in [1.82, 2.24) is 19.4 Å². The Morgan fingerprint density at radius 3 is 2.15 bits per heavy atom. The van der Waals surface area contributed by atoms with Crippen LogP contribution in [0.2, 0.25) is 5.02 Å². The Labute approximate surface area is 281 Å². The molecule has 0 bridgehead atoms. The topological polar surface area (TPSA) is 118 Å². The highest BCUT2D eigenvalue weighted by molar-refractivity contribution is 7.89. The van der Waals surface area contributed by atoms with Gasteiger partial charge in [0.25, 0.3) is 5.91 Å². The number of nitrogens with zero attached hydrogens (tertiary/aromatic N) is 3. The van der Waals surface area contributed by atoms with Crippen molar-refractivity contribution in [2.75, 3.05) is 72.3 Å². The van der Waals surface area contributed by atoms with Gasteiger partial charge in [-0.05, 0) is 47.5 Å². The first-order valence-corrected chi connectivity index (χ1v) is 17.6. The second-order valence-corrected chi connectivity index (χ2v) is 13.7. The maximum Gasteiger partial charge on any atom is 0.261 e. The van der Waals surface area contributed by atoms with Gasteiger partial charge in [0.15, 0.2) is 6.61 Å². The third kappa shape index (κ3) is 9.99. The minimum atomic E-state index is -3.67. The quantitative estimate of drug-likeness (QED) is 0.276. The summed E-state index contributed by atoms with van der Waals surface area (Å²) in [4.78, 5) is 31.7. The molecule has 3 aromatic carbocycles. The summed E-state index contributed by atoms with van der Waals surface area (Å²) >= 11 is 6.13. The maximum atomic E-state index is 13.9. The Hall–Kier alpha value is -3.52. The van der Waals surface area contributed by atoms with Crippen LogP contribution < -0.4 is 10.1 Å². The first-order valence-electron chi connectivity index (χ1n) is 15.8. The second kappa shape index (κ2) is 17.0. The van der Waals surface area contributed by atoms with Gasteiger partial charge in [0, 0.05) is 57.3 Å². The number of hydrogen-bond donors (Lipinski definition) is 1. The van der Waals surface area contributed by atoms with Gasteiger partial charge in [0.2, 0.25) is 15.9 Å². The monoisotopic (exact) mass is 684 g/mol. The van der Waals surface area contributed by atoms with Crippen molar-refractivity contribution < 1.29 is 32.2 Å². The van der Waals surface area contributed by atoms with Crippen molar-refractivity contribution in [2.45, 2.75) is 23.9 Å². The van der Waals surface area contributed by atoms with Crippen molar-refractivity contribution in [3.05, 3.63) is 95.0 Å². The van der Waals surface area contributed by atoms with Crippen LogP contribution in [-0.4, -0.2) is 113 Å². The van der Waals surface area contributed by atoms with Crippen molar-refractivity contribution in [1.29, 1.82) is 0 Å². The minimum absolute atomic E-state index is 0.138. The van der Waals surface area contributed by atoms with Crippen LogP contribution in [-0.2, 0) is 42.1 Å². The van der Waals surface area contributed by atoms with Crippen LogP contribution in [0.1, 0.15) is 11.1 Å². The molecule has 1 atom stereocenters. The van der Waals surface area contributed by atoms with E-state index in [0.29, 0.717) is 69.8 Å². The fourth-order valence-corrected chi connectivity index (χ4v) is 7.03. The lowest BCUT2D eigenvalue weighted by atomic mass is 10.0. The summed E-state index contributed by atoms with van der Waals surface area (Å²) in [5.41, 5.74) is 1.72. The molecule has 5 rings (SSSR count). The van der Waals surface area contributed by atoms with Crippen molar-refractivity contribution in [3.8, 4) is 5.75 Å². The molecule has 0 unspecified atom stereocenters. The number of carbonyl (C=O) groups is 2. The molecule has 0 aromatic heterocycles. The molecule has 0 aliphatic carbocycles. The van der Waals surface area contributed by atoms with E-state index in [1.807, 2.05) is 42.5 Å². The number of sulfonamides is 1. The lowest BCUT2D eigenvalue weighted by Gasteiger charge is -2.32. The molecule has 2 aliphatic rings. The van der Waals surface area contributed by atoms with E-state index in [1.54, 1.807) is 12.1 Å². The standard InChI is InChI=1S/C34H41ClN4O7S/c35-29-8-6-28(7-9-29)25-39(32(24-27-4-2-1-3-5-27)34(41)36-14-15-37-16-20-44-21-17-37)33(40)26-46-30-10-12-31(13-11-30)47(42,43)38-18-22-45-23-19-38/h1-13,32H,14-26H2,(H,36,41)/t32-/m1/s1. The molecule has 1 N–H and O–H groups in total. The van der Waals surface area contributed by atoms with E-state index in [0.717, 1.165) is 24.2 Å². The van der Waals surface area contributed by atoms with Crippen LogP contribution in [0, 0.1) is 0 Å². The highest BCUT2D eigenvalue weighted by Crippen LogP contribution is 2.22. The Morgan fingerprint density at radius 1 is 0.851 bits per heavy atom. The van der Waals surface area contributed by atoms with Crippen LogP contribution in [0.25, 0.3) is 0 Å². The predicted molar refractivity (Wildman–Crippen MR) is 178 cm³/mol. The zero-order chi connectivity index (χ0) is 33.1. The van der Waals surface area contributed by atoms with Crippen LogP contribution in [0.5, 0.6) is 5.75 Å². The normalized spacial score (nSPS) is 16.7. The fourth-order valence-electron chi connectivity index (χ4n) is 5.49. The van der Waals surface area contributed by atoms with E-state index in [-0.39, 0.29) is 24.0 Å². The molecular formula is C34H41ClN4O7S. The highest BCUT2D eigenvalue weighted by atomic mass is 35.5. The molecule has 0 spiro atoms. The van der Waals surface area contributed by atoms with Gasteiger partial charge >= 0.3 is 0 Å². The number of amides is 2. The molecule has 3 aromatic rings. The van der Waals surface area contributed by atoms with E-state index in [2.05, 4.69) is 10.2 Å². The summed E-state index contributed by atoms with van der Waals surface area (Å²) in [6, 6.07) is 21.9. The fraction of sp³-hybridized carbons (Fsp3) is 0.412. The maximum absolute atomic E-state index is 13.9. The first kappa shape index (κ1) is 34.8. The number of ether oxygens (including phenoxy) is 3. The molecule has 2 aliphatic heterocycles. The molecule has 2 fully saturated rings. The Bertz CT molecular complexity index is 1550. The summed E-state index contributed by atoms with van der Waals surface area (Å²) in [6.45, 7) is 5.16. The van der Waals surface area contributed by atoms with Crippen LogP contribution >= 0.6 is 11.6 Å². The van der Waals surface area contributed by atoms with Gasteiger partial charge in [-0.25, -0.2) is 8.42 Å². The number of nitrogens with one attached hydrogen (secondary N) is 1. The SMILES string of the molecule is O=C(NCCN1CCOCC1)[C@@H](Cc1ccccc1)N(Cc1ccc(Cl)cc1)C(=O)COc1ccc(S(=O)(=O)N2CCOCC2)cc1. The molecule has 13 heteroatoms. The Morgan fingerprint density at radius 2 is 1.49 bits per heavy atom.